The molecule has 0 spiro atoms. The van der Waals surface area contributed by atoms with Gasteiger partial charge in [0.25, 0.3) is 5.91 Å². The Labute approximate surface area is 176 Å². The van der Waals surface area contributed by atoms with Crippen LogP contribution in [0.4, 0.5) is 20.2 Å². The van der Waals surface area contributed by atoms with E-state index >= 15 is 0 Å². The minimum absolute atomic E-state index is 0.000366. The molecular weight excluding hydrogens is 479 g/mol. The Bertz CT molecular complexity index is 879. The Morgan fingerprint density at radius 1 is 1.32 bits per heavy atom. The molecule has 3 rings (SSSR count). The van der Waals surface area contributed by atoms with Crippen molar-refractivity contribution in [2.24, 2.45) is 5.73 Å². The van der Waals surface area contributed by atoms with E-state index in [0.29, 0.717) is 6.61 Å². The van der Waals surface area contributed by atoms with Crippen LogP contribution >= 0.6 is 22.6 Å². The van der Waals surface area contributed by atoms with Crippen molar-refractivity contribution in [1.82, 2.24) is 4.90 Å². The van der Waals surface area contributed by atoms with Crippen molar-refractivity contribution in [1.29, 1.82) is 0 Å². The molecule has 3 N–H and O–H groups in total. The minimum Gasteiger partial charge on any atom is -0.491 e. The maximum absolute atomic E-state index is 14.2. The summed E-state index contributed by atoms with van der Waals surface area (Å²) in [6.45, 7) is 4.30. The van der Waals surface area contributed by atoms with Crippen molar-refractivity contribution in [2.75, 3.05) is 25.0 Å². The van der Waals surface area contributed by atoms with Crippen LogP contribution in [0, 0.1) is 15.2 Å². The Kier molecular flexibility index (Phi) is 6.71. The summed E-state index contributed by atoms with van der Waals surface area (Å²) in [5.41, 5.74) is 5.72. The number of nitrogens with zero attached hydrogens (tertiary/aromatic N) is 1. The van der Waals surface area contributed by atoms with Crippen molar-refractivity contribution in [3.8, 4) is 5.75 Å². The van der Waals surface area contributed by atoms with Crippen LogP contribution in [0.25, 0.3) is 0 Å². The summed E-state index contributed by atoms with van der Waals surface area (Å²) in [6, 6.07) is 7.01. The topological polar surface area (TPSA) is 67.6 Å². The van der Waals surface area contributed by atoms with Crippen LogP contribution in [0.3, 0.4) is 0 Å². The first-order chi connectivity index (χ1) is 13.4. The van der Waals surface area contributed by atoms with Crippen LogP contribution in [-0.2, 0) is 0 Å². The number of rotatable bonds is 7. The van der Waals surface area contributed by atoms with E-state index < -0.39 is 17.5 Å². The zero-order valence-corrected chi connectivity index (χ0v) is 17.6. The maximum atomic E-state index is 14.2. The van der Waals surface area contributed by atoms with Gasteiger partial charge in [-0.1, -0.05) is 6.92 Å². The number of benzene rings is 2. The van der Waals surface area contributed by atoms with Crippen LogP contribution in [0.15, 0.2) is 30.3 Å². The second-order valence-electron chi connectivity index (χ2n) is 6.68. The summed E-state index contributed by atoms with van der Waals surface area (Å²) in [5, 5.41) is 2.77. The predicted octanol–water partition coefficient (Wildman–Crippen LogP) is 4.28. The van der Waals surface area contributed by atoms with Crippen molar-refractivity contribution in [2.45, 2.75) is 25.8 Å². The van der Waals surface area contributed by atoms with E-state index in [1.165, 1.54) is 12.1 Å². The molecule has 1 aliphatic heterocycles. The molecule has 0 radical (unpaired) electrons. The lowest BCUT2D eigenvalue weighted by atomic mass is 10.1. The fraction of sp³-hybridized carbons (Fsp3) is 0.350. The average molecular weight is 501 g/mol. The number of likely N-dealkylation sites (tertiary alicyclic amines) is 1. The lowest BCUT2D eigenvalue weighted by Crippen LogP contribution is -2.34. The molecule has 0 aromatic heterocycles. The van der Waals surface area contributed by atoms with Gasteiger partial charge >= 0.3 is 0 Å². The van der Waals surface area contributed by atoms with Crippen molar-refractivity contribution >= 4 is 39.9 Å². The van der Waals surface area contributed by atoms with Crippen LogP contribution in [-0.4, -0.2) is 36.5 Å². The number of nitrogens with one attached hydrogen (secondary N) is 1. The van der Waals surface area contributed by atoms with Gasteiger partial charge in [-0.05, 0) is 72.8 Å². The first kappa shape index (κ1) is 20.8. The number of anilines is 2. The molecule has 2 aromatic rings. The maximum Gasteiger partial charge on any atom is 0.254 e. The molecule has 1 amide bonds. The Hall–Kier alpha value is -1.94. The van der Waals surface area contributed by atoms with Gasteiger partial charge in [0.1, 0.15) is 29.6 Å². The summed E-state index contributed by atoms with van der Waals surface area (Å²) in [4.78, 5) is 14.4. The van der Waals surface area contributed by atoms with E-state index in [0.717, 1.165) is 41.6 Å². The molecular formula is C20H22F2IN3O2. The zero-order valence-electron chi connectivity index (χ0n) is 15.5. The first-order valence-corrected chi connectivity index (χ1v) is 10.2. The highest BCUT2D eigenvalue weighted by Gasteiger charge is 2.25. The number of amides is 1. The molecule has 28 heavy (non-hydrogen) atoms. The monoisotopic (exact) mass is 501 g/mol. The van der Waals surface area contributed by atoms with Gasteiger partial charge in [-0.25, -0.2) is 8.78 Å². The molecule has 0 saturated carbocycles. The molecule has 1 aliphatic rings. The summed E-state index contributed by atoms with van der Waals surface area (Å²) in [5.74, 6) is -1.84. The second-order valence-corrected chi connectivity index (χ2v) is 7.92. The van der Waals surface area contributed by atoms with Gasteiger partial charge in [0.2, 0.25) is 0 Å². The van der Waals surface area contributed by atoms with E-state index in [-0.39, 0.29) is 28.7 Å². The molecule has 1 fully saturated rings. The normalized spacial score (nSPS) is 16.9. The van der Waals surface area contributed by atoms with E-state index in [1.54, 1.807) is 6.07 Å². The second kappa shape index (κ2) is 9.04. The third kappa shape index (κ3) is 4.72. The van der Waals surface area contributed by atoms with Gasteiger partial charge in [0.15, 0.2) is 0 Å². The Morgan fingerprint density at radius 2 is 2.11 bits per heavy atom. The first-order valence-electron chi connectivity index (χ1n) is 9.11. The molecule has 0 bridgehead atoms. The van der Waals surface area contributed by atoms with Gasteiger partial charge in [0.05, 0.1) is 11.4 Å². The van der Waals surface area contributed by atoms with E-state index in [9.17, 15) is 13.6 Å². The van der Waals surface area contributed by atoms with Crippen LogP contribution < -0.4 is 15.8 Å². The quantitative estimate of drug-likeness (QED) is 0.557. The van der Waals surface area contributed by atoms with Crippen molar-refractivity contribution in [3.05, 3.63) is 51.1 Å². The lowest BCUT2D eigenvalue weighted by molar-refractivity contribution is 0.0994. The van der Waals surface area contributed by atoms with Crippen molar-refractivity contribution in [3.63, 3.8) is 0 Å². The van der Waals surface area contributed by atoms with Crippen LogP contribution in [0.5, 0.6) is 5.75 Å². The largest absolute Gasteiger partial charge is 0.491 e. The summed E-state index contributed by atoms with van der Waals surface area (Å²) in [6.07, 6.45) is 2.06. The highest BCUT2D eigenvalue weighted by atomic mass is 127. The van der Waals surface area contributed by atoms with Gasteiger partial charge < -0.3 is 15.8 Å². The molecule has 1 atom stereocenters. The number of carbonyl (C=O) groups is 1. The molecule has 2 aromatic carbocycles. The number of hydrogen-bond acceptors (Lipinski definition) is 4. The SMILES string of the molecule is CCN1CCCC1COc1cc(F)cc(Nc2ccc(I)cc2F)c1C(N)=O. The molecule has 1 unspecified atom stereocenters. The number of ether oxygens (including phenoxy) is 1. The molecule has 1 heterocycles. The smallest absolute Gasteiger partial charge is 0.254 e. The molecule has 150 valence electrons. The average Bonchev–Trinajstić information content (AvgIpc) is 3.09. The summed E-state index contributed by atoms with van der Waals surface area (Å²) in [7, 11) is 0. The number of hydrogen-bond donors (Lipinski definition) is 2. The summed E-state index contributed by atoms with van der Waals surface area (Å²) < 4.78 is 34.9. The number of nitrogens with two attached hydrogens (primary N) is 1. The van der Waals surface area contributed by atoms with E-state index in [2.05, 4.69) is 17.1 Å². The standard InChI is InChI=1S/C20H22F2IN3O2/c1-2-26-7-3-4-14(26)11-28-18-9-12(21)8-17(19(18)20(24)27)25-16-6-5-13(23)10-15(16)22/h5-6,8-10,14,25H,2-4,7,11H2,1H3,(H2,24,27). The fourth-order valence-corrected chi connectivity index (χ4v) is 3.92. The fourth-order valence-electron chi connectivity index (χ4n) is 3.47. The molecule has 0 aliphatic carbocycles. The number of carbonyl (C=O) groups excluding carboxylic acids is 1. The highest BCUT2D eigenvalue weighted by molar-refractivity contribution is 14.1. The third-order valence-corrected chi connectivity index (χ3v) is 5.52. The molecule has 8 heteroatoms. The van der Waals surface area contributed by atoms with Gasteiger partial charge in [-0.15, -0.1) is 0 Å². The van der Waals surface area contributed by atoms with Crippen LogP contribution in [0.2, 0.25) is 0 Å². The molecule has 5 nitrogen and oxygen atoms in total. The van der Waals surface area contributed by atoms with Crippen molar-refractivity contribution < 1.29 is 18.3 Å². The third-order valence-electron chi connectivity index (χ3n) is 4.85. The number of halogens is 3. The van der Waals surface area contributed by atoms with Gasteiger partial charge in [0, 0.05) is 15.7 Å². The highest BCUT2D eigenvalue weighted by Crippen LogP contribution is 2.32. The molecule has 1 saturated heterocycles. The number of primary amides is 1. The predicted molar refractivity (Wildman–Crippen MR) is 113 cm³/mol. The van der Waals surface area contributed by atoms with E-state index in [4.69, 9.17) is 10.5 Å². The Morgan fingerprint density at radius 3 is 2.79 bits per heavy atom. The zero-order chi connectivity index (χ0) is 20.3. The van der Waals surface area contributed by atoms with Gasteiger partial charge in [-0.3, -0.25) is 9.69 Å². The Balaban J connectivity index is 1.89. The number of likely N-dealkylation sites (N-methyl/N-ethyl adjacent to an activating group) is 1. The minimum atomic E-state index is -0.776. The lowest BCUT2D eigenvalue weighted by Gasteiger charge is -2.23. The van der Waals surface area contributed by atoms with E-state index in [1.807, 2.05) is 22.6 Å². The van der Waals surface area contributed by atoms with Crippen LogP contribution in [0.1, 0.15) is 30.1 Å². The summed E-state index contributed by atoms with van der Waals surface area (Å²) >= 11 is 1.99. The van der Waals surface area contributed by atoms with Gasteiger partial charge in [-0.2, -0.15) is 0 Å².